The fraction of sp³-hybridized carbons (Fsp3) is 0.350. The van der Waals surface area contributed by atoms with E-state index < -0.39 is 22.9 Å². The van der Waals surface area contributed by atoms with Crippen molar-refractivity contribution in [1.29, 1.82) is 0 Å². The molecular formula is C20H20BrNO5S. The molecule has 1 heterocycles. The summed E-state index contributed by atoms with van der Waals surface area (Å²) >= 11 is 4.81. The number of nitrogens with zero attached hydrogens (tertiary/aromatic N) is 1. The van der Waals surface area contributed by atoms with Crippen LogP contribution in [0.15, 0.2) is 57.9 Å². The number of halogens is 1. The summed E-state index contributed by atoms with van der Waals surface area (Å²) in [5, 5.41) is 11.7. The van der Waals surface area contributed by atoms with Gasteiger partial charge >= 0.3 is 5.97 Å². The van der Waals surface area contributed by atoms with Gasteiger partial charge in [-0.15, -0.1) is 11.8 Å². The zero-order valence-electron chi connectivity index (χ0n) is 15.5. The number of fused-ring (bicyclic) bond motifs is 1. The number of hydrogen-bond donors (Lipinski definition) is 0. The van der Waals surface area contributed by atoms with Gasteiger partial charge in [0, 0.05) is 26.8 Å². The highest BCUT2D eigenvalue weighted by molar-refractivity contribution is 9.10. The van der Waals surface area contributed by atoms with E-state index in [0.717, 1.165) is 14.9 Å². The molecule has 6 nitrogen and oxygen atoms in total. The first-order valence-corrected chi connectivity index (χ1v) is 10.5. The number of para-hydroxylation sites is 1. The molecule has 0 amide bonds. The van der Waals surface area contributed by atoms with E-state index in [1.54, 1.807) is 19.9 Å². The number of carbonyl (C=O) groups excluding carboxylic acids is 1. The monoisotopic (exact) mass is 465 g/mol. The number of rotatable bonds is 6. The number of esters is 1. The lowest BCUT2D eigenvalue weighted by atomic mass is 9.83. The second-order valence-electron chi connectivity index (χ2n) is 6.59. The predicted molar refractivity (Wildman–Crippen MR) is 110 cm³/mol. The summed E-state index contributed by atoms with van der Waals surface area (Å²) in [5.74, 6) is 0.0538. The molecule has 0 saturated heterocycles. The molecule has 1 aliphatic rings. The molecule has 0 bridgehead atoms. The van der Waals surface area contributed by atoms with Gasteiger partial charge in [0.25, 0.3) is 5.54 Å². The molecule has 2 aromatic carbocycles. The van der Waals surface area contributed by atoms with Gasteiger partial charge in [-0.25, -0.2) is 0 Å². The van der Waals surface area contributed by atoms with E-state index in [9.17, 15) is 14.9 Å². The maximum absolute atomic E-state index is 12.2. The summed E-state index contributed by atoms with van der Waals surface area (Å²) in [5.41, 5.74) is -0.770. The van der Waals surface area contributed by atoms with Crippen LogP contribution in [0.3, 0.4) is 0 Å². The maximum atomic E-state index is 12.2. The Labute approximate surface area is 175 Å². The Bertz CT molecular complexity index is 875. The van der Waals surface area contributed by atoms with Crippen LogP contribution in [-0.4, -0.2) is 29.1 Å². The molecule has 0 fully saturated rings. The first-order chi connectivity index (χ1) is 13.4. The summed E-state index contributed by atoms with van der Waals surface area (Å²) in [6, 6.07) is 14.9. The van der Waals surface area contributed by atoms with E-state index in [0.29, 0.717) is 5.75 Å². The molecule has 0 spiro atoms. The van der Waals surface area contributed by atoms with Crippen LogP contribution >= 0.6 is 27.7 Å². The molecule has 1 aliphatic heterocycles. The Morgan fingerprint density at radius 1 is 1.29 bits per heavy atom. The SMILES string of the molecule is CCOC(=O)C[C@H]1Oc2ccccc2[C@@H](Sc2ccc(Br)cc2)[C@]1(C)[N+](=O)[O-]. The molecule has 3 atom stereocenters. The van der Waals surface area contributed by atoms with Gasteiger partial charge in [-0.3, -0.25) is 14.9 Å². The average Bonchev–Trinajstić information content (AvgIpc) is 2.66. The van der Waals surface area contributed by atoms with Gasteiger partial charge in [0.15, 0.2) is 6.10 Å². The van der Waals surface area contributed by atoms with Crippen LogP contribution in [0, 0.1) is 10.1 Å². The smallest absolute Gasteiger partial charge is 0.309 e. The Hall–Kier alpha value is -2.06. The number of nitro groups is 1. The molecule has 0 aromatic heterocycles. The van der Waals surface area contributed by atoms with Crippen LogP contribution in [0.4, 0.5) is 0 Å². The molecule has 28 heavy (non-hydrogen) atoms. The Morgan fingerprint density at radius 3 is 2.61 bits per heavy atom. The molecule has 148 valence electrons. The normalized spacial score (nSPS) is 23.4. The van der Waals surface area contributed by atoms with Gasteiger partial charge < -0.3 is 9.47 Å². The number of carbonyl (C=O) groups is 1. The molecule has 2 aromatic rings. The standard InChI is InChI=1S/C20H20BrNO5S/c1-3-26-18(23)12-17-20(2,22(24)25)19(15-6-4-5-7-16(15)27-17)28-14-10-8-13(21)9-11-14/h4-11,17,19H,3,12H2,1-2H3/t17-,19-,20-/m1/s1. The van der Waals surface area contributed by atoms with Crippen molar-refractivity contribution < 1.29 is 19.2 Å². The van der Waals surface area contributed by atoms with E-state index in [1.807, 2.05) is 42.5 Å². The lowest BCUT2D eigenvalue weighted by molar-refractivity contribution is -0.578. The van der Waals surface area contributed by atoms with Gasteiger partial charge in [0.2, 0.25) is 0 Å². The molecule has 3 rings (SSSR count). The van der Waals surface area contributed by atoms with Crippen molar-refractivity contribution in [3.63, 3.8) is 0 Å². The highest BCUT2D eigenvalue weighted by atomic mass is 79.9. The van der Waals surface area contributed by atoms with E-state index in [4.69, 9.17) is 9.47 Å². The zero-order valence-corrected chi connectivity index (χ0v) is 17.9. The topological polar surface area (TPSA) is 78.7 Å². The predicted octanol–water partition coefficient (Wildman–Crippen LogP) is 5.03. The quantitative estimate of drug-likeness (QED) is 0.338. The molecular weight excluding hydrogens is 446 g/mol. The number of thioether (sulfide) groups is 1. The van der Waals surface area contributed by atoms with Crippen molar-refractivity contribution >= 4 is 33.7 Å². The van der Waals surface area contributed by atoms with Gasteiger partial charge in [-0.1, -0.05) is 34.1 Å². The van der Waals surface area contributed by atoms with Crippen LogP contribution in [0.2, 0.25) is 0 Å². The first kappa shape index (κ1) is 20.7. The van der Waals surface area contributed by atoms with E-state index >= 15 is 0 Å². The number of hydrogen-bond acceptors (Lipinski definition) is 6. The largest absolute Gasteiger partial charge is 0.482 e. The Kier molecular flexibility index (Phi) is 6.30. The minimum atomic E-state index is -1.52. The Morgan fingerprint density at radius 2 is 1.96 bits per heavy atom. The zero-order chi connectivity index (χ0) is 20.3. The van der Waals surface area contributed by atoms with Gasteiger partial charge in [0.1, 0.15) is 11.0 Å². The fourth-order valence-electron chi connectivity index (χ4n) is 3.23. The summed E-state index contributed by atoms with van der Waals surface area (Å²) in [4.78, 5) is 24.9. The summed E-state index contributed by atoms with van der Waals surface area (Å²) in [6.45, 7) is 3.46. The van der Waals surface area contributed by atoms with Crippen LogP contribution in [0.5, 0.6) is 5.75 Å². The molecule has 0 unspecified atom stereocenters. The summed E-state index contributed by atoms with van der Waals surface area (Å²) in [7, 11) is 0. The molecule has 8 heteroatoms. The summed E-state index contributed by atoms with van der Waals surface area (Å²) < 4.78 is 11.9. The van der Waals surface area contributed by atoms with Crippen molar-refractivity contribution in [2.75, 3.05) is 6.61 Å². The highest BCUT2D eigenvalue weighted by Crippen LogP contribution is 2.53. The second kappa shape index (κ2) is 8.53. The van der Waals surface area contributed by atoms with Crippen LogP contribution < -0.4 is 4.74 Å². The van der Waals surface area contributed by atoms with E-state index in [-0.39, 0.29) is 18.0 Å². The summed E-state index contributed by atoms with van der Waals surface area (Å²) in [6.07, 6.45) is -1.12. The molecule has 0 radical (unpaired) electrons. The highest BCUT2D eigenvalue weighted by Gasteiger charge is 2.59. The third kappa shape index (κ3) is 4.03. The maximum Gasteiger partial charge on any atom is 0.309 e. The third-order valence-electron chi connectivity index (χ3n) is 4.77. The fourth-order valence-corrected chi connectivity index (χ4v) is 4.85. The number of ether oxygens (including phenoxy) is 2. The molecule has 0 N–H and O–H groups in total. The van der Waals surface area contributed by atoms with Crippen molar-refractivity contribution in [2.24, 2.45) is 0 Å². The second-order valence-corrected chi connectivity index (χ2v) is 8.68. The minimum Gasteiger partial charge on any atom is -0.482 e. The van der Waals surface area contributed by atoms with Gasteiger partial charge in [0.05, 0.1) is 13.0 Å². The molecule has 0 saturated carbocycles. The van der Waals surface area contributed by atoms with Crippen LogP contribution in [0.25, 0.3) is 0 Å². The van der Waals surface area contributed by atoms with Crippen LogP contribution in [0.1, 0.15) is 31.1 Å². The Balaban J connectivity index is 2.04. The van der Waals surface area contributed by atoms with Gasteiger partial charge in [-0.05, 0) is 37.3 Å². The third-order valence-corrected chi connectivity index (χ3v) is 6.81. The lowest BCUT2D eigenvalue weighted by Gasteiger charge is -2.40. The van der Waals surface area contributed by atoms with Crippen LogP contribution in [-0.2, 0) is 9.53 Å². The number of benzene rings is 2. The average molecular weight is 466 g/mol. The molecule has 0 aliphatic carbocycles. The van der Waals surface area contributed by atoms with Crippen molar-refractivity contribution in [2.45, 2.75) is 42.1 Å². The van der Waals surface area contributed by atoms with Crippen molar-refractivity contribution in [3.8, 4) is 5.75 Å². The van der Waals surface area contributed by atoms with Gasteiger partial charge in [-0.2, -0.15) is 0 Å². The first-order valence-electron chi connectivity index (χ1n) is 8.84. The van der Waals surface area contributed by atoms with E-state index in [2.05, 4.69) is 15.9 Å². The minimum absolute atomic E-state index is 0.183. The lowest BCUT2D eigenvalue weighted by Crippen LogP contribution is -2.56. The van der Waals surface area contributed by atoms with E-state index in [1.165, 1.54) is 11.8 Å². The van der Waals surface area contributed by atoms with Crippen molar-refractivity contribution in [1.82, 2.24) is 0 Å². The van der Waals surface area contributed by atoms with Crippen molar-refractivity contribution in [3.05, 3.63) is 68.7 Å².